The second-order valence-electron chi connectivity index (χ2n) is 8.05. The molecule has 0 aliphatic carbocycles. The molecule has 2 heterocycles. The van der Waals surface area contributed by atoms with Crippen LogP contribution in [0.1, 0.15) is 26.3 Å². The zero-order valence-electron chi connectivity index (χ0n) is 17.3. The largest absolute Gasteiger partial charge is 0.444 e. The van der Waals surface area contributed by atoms with Crippen LogP contribution in [0.2, 0.25) is 0 Å². The van der Waals surface area contributed by atoms with Crippen molar-refractivity contribution in [3.63, 3.8) is 0 Å². The maximum Gasteiger partial charge on any atom is 0.410 e. The monoisotopic (exact) mass is 399 g/mol. The normalized spacial score (nSPS) is 14.6. The Morgan fingerprint density at radius 3 is 2.31 bits per heavy atom. The Morgan fingerprint density at radius 2 is 1.72 bits per heavy atom. The standard InChI is InChI=1S/C21H29N5O3/c1-21(2,3)29-20(28)25-15-13-24(14-16-25)19(27)22-11-9-17-5-7-18(8-6-17)26-12-4-10-23-26/h4-8,10,12H,9,11,13-16H2,1-3H3,(H,22,27). The first-order chi connectivity index (χ1) is 13.8. The maximum atomic E-state index is 12.4. The fraction of sp³-hybridized carbons (Fsp3) is 0.476. The number of urea groups is 1. The van der Waals surface area contributed by atoms with E-state index in [-0.39, 0.29) is 12.1 Å². The number of nitrogens with one attached hydrogen (secondary N) is 1. The fourth-order valence-electron chi connectivity index (χ4n) is 3.08. The predicted octanol–water partition coefficient (Wildman–Crippen LogP) is 2.68. The minimum Gasteiger partial charge on any atom is -0.444 e. The van der Waals surface area contributed by atoms with E-state index in [4.69, 9.17) is 4.74 Å². The third kappa shape index (κ3) is 5.97. The first-order valence-electron chi connectivity index (χ1n) is 9.91. The van der Waals surface area contributed by atoms with Crippen LogP contribution in [-0.2, 0) is 11.2 Å². The van der Waals surface area contributed by atoms with Gasteiger partial charge in [-0.3, -0.25) is 0 Å². The summed E-state index contributed by atoms with van der Waals surface area (Å²) < 4.78 is 7.19. The van der Waals surface area contributed by atoms with E-state index in [9.17, 15) is 9.59 Å². The van der Waals surface area contributed by atoms with Crippen LogP contribution in [0.3, 0.4) is 0 Å². The van der Waals surface area contributed by atoms with Crippen LogP contribution in [0.4, 0.5) is 9.59 Å². The SMILES string of the molecule is CC(C)(C)OC(=O)N1CCN(C(=O)NCCc2ccc(-n3cccn3)cc2)CC1. The van der Waals surface area contributed by atoms with E-state index < -0.39 is 5.60 Å². The number of ether oxygens (including phenoxy) is 1. The van der Waals surface area contributed by atoms with Gasteiger partial charge in [-0.05, 0) is 51.0 Å². The Morgan fingerprint density at radius 1 is 1.07 bits per heavy atom. The van der Waals surface area contributed by atoms with E-state index in [0.29, 0.717) is 32.7 Å². The quantitative estimate of drug-likeness (QED) is 0.857. The van der Waals surface area contributed by atoms with Crippen LogP contribution < -0.4 is 5.32 Å². The molecule has 2 aromatic rings. The molecule has 0 atom stereocenters. The lowest BCUT2D eigenvalue weighted by atomic mass is 10.1. The molecule has 0 bridgehead atoms. The van der Waals surface area contributed by atoms with Crippen molar-refractivity contribution in [2.24, 2.45) is 0 Å². The third-order valence-corrected chi connectivity index (χ3v) is 4.61. The molecule has 0 spiro atoms. The molecule has 1 aliphatic rings. The number of hydrogen-bond donors (Lipinski definition) is 1. The first-order valence-corrected chi connectivity index (χ1v) is 9.91. The van der Waals surface area contributed by atoms with Crippen molar-refractivity contribution in [3.8, 4) is 5.69 Å². The van der Waals surface area contributed by atoms with Crippen LogP contribution in [0, 0.1) is 0 Å². The summed E-state index contributed by atoms with van der Waals surface area (Å²) in [6.07, 6.45) is 4.08. The summed E-state index contributed by atoms with van der Waals surface area (Å²) in [7, 11) is 0. The van der Waals surface area contributed by atoms with Gasteiger partial charge in [-0.1, -0.05) is 12.1 Å². The van der Waals surface area contributed by atoms with Crippen LogP contribution in [0.15, 0.2) is 42.7 Å². The number of benzene rings is 1. The van der Waals surface area contributed by atoms with Crippen molar-refractivity contribution in [3.05, 3.63) is 48.3 Å². The highest BCUT2D eigenvalue weighted by Gasteiger charge is 2.27. The summed E-state index contributed by atoms with van der Waals surface area (Å²) >= 11 is 0. The van der Waals surface area contributed by atoms with E-state index in [1.807, 2.05) is 62.0 Å². The fourth-order valence-corrected chi connectivity index (χ4v) is 3.08. The molecule has 1 aromatic heterocycles. The topological polar surface area (TPSA) is 79.7 Å². The van der Waals surface area contributed by atoms with Crippen molar-refractivity contribution in [1.82, 2.24) is 24.9 Å². The number of carbonyl (C=O) groups is 2. The zero-order chi connectivity index (χ0) is 20.9. The summed E-state index contributed by atoms with van der Waals surface area (Å²) in [5.41, 5.74) is 1.64. The number of rotatable bonds is 4. The zero-order valence-corrected chi connectivity index (χ0v) is 17.3. The molecular weight excluding hydrogens is 370 g/mol. The Bertz CT molecular complexity index is 804. The van der Waals surface area contributed by atoms with Gasteiger partial charge in [-0.15, -0.1) is 0 Å². The minimum absolute atomic E-state index is 0.0954. The summed E-state index contributed by atoms with van der Waals surface area (Å²) in [6, 6.07) is 9.91. The molecule has 1 N–H and O–H groups in total. The summed E-state index contributed by atoms with van der Waals surface area (Å²) in [4.78, 5) is 27.9. The molecule has 1 saturated heterocycles. The van der Waals surface area contributed by atoms with Crippen LogP contribution >= 0.6 is 0 Å². The third-order valence-electron chi connectivity index (χ3n) is 4.61. The van der Waals surface area contributed by atoms with Crippen molar-refractivity contribution in [2.75, 3.05) is 32.7 Å². The molecule has 0 saturated carbocycles. The molecular formula is C21H29N5O3. The lowest BCUT2D eigenvalue weighted by Gasteiger charge is -2.35. The maximum absolute atomic E-state index is 12.4. The van der Waals surface area contributed by atoms with Gasteiger partial charge in [-0.2, -0.15) is 5.10 Å². The highest BCUT2D eigenvalue weighted by atomic mass is 16.6. The number of amides is 3. The second kappa shape index (κ2) is 8.98. The van der Waals surface area contributed by atoms with Crippen LogP contribution in [0.25, 0.3) is 5.69 Å². The predicted molar refractivity (Wildman–Crippen MR) is 110 cm³/mol. The van der Waals surface area contributed by atoms with Gasteiger partial charge < -0.3 is 19.9 Å². The number of hydrogen-bond acceptors (Lipinski definition) is 4. The summed E-state index contributed by atoms with van der Waals surface area (Å²) in [5.74, 6) is 0. The van der Waals surface area contributed by atoms with Crippen LogP contribution in [-0.4, -0.2) is 70.0 Å². The molecule has 8 heteroatoms. The van der Waals surface area contributed by atoms with Gasteiger partial charge in [0.2, 0.25) is 0 Å². The summed E-state index contributed by atoms with van der Waals surface area (Å²) in [6.45, 7) is 8.08. The van der Waals surface area contributed by atoms with Gasteiger partial charge in [-0.25, -0.2) is 14.3 Å². The van der Waals surface area contributed by atoms with Gasteiger partial charge >= 0.3 is 12.1 Å². The van der Waals surface area contributed by atoms with Gasteiger partial charge in [0, 0.05) is 45.1 Å². The lowest BCUT2D eigenvalue weighted by molar-refractivity contribution is 0.0170. The van der Waals surface area contributed by atoms with E-state index in [1.165, 1.54) is 0 Å². The molecule has 1 fully saturated rings. The Kier molecular flexibility index (Phi) is 6.41. The molecule has 1 aromatic carbocycles. The first kappa shape index (κ1) is 20.7. The highest BCUT2D eigenvalue weighted by molar-refractivity contribution is 5.75. The molecule has 3 amide bonds. The van der Waals surface area contributed by atoms with Gasteiger partial charge in [0.15, 0.2) is 0 Å². The molecule has 0 unspecified atom stereocenters. The Hall–Kier alpha value is -3.03. The van der Waals surface area contributed by atoms with Crippen molar-refractivity contribution >= 4 is 12.1 Å². The Balaban J connectivity index is 1.39. The summed E-state index contributed by atoms with van der Waals surface area (Å²) in [5, 5.41) is 7.17. The van der Waals surface area contributed by atoms with E-state index >= 15 is 0 Å². The second-order valence-corrected chi connectivity index (χ2v) is 8.05. The van der Waals surface area contributed by atoms with Gasteiger partial charge in [0.05, 0.1) is 5.69 Å². The molecule has 1 aliphatic heterocycles. The van der Waals surface area contributed by atoms with Gasteiger partial charge in [0.1, 0.15) is 5.60 Å². The number of aromatic nitrogens is 2. The molecule has 156 valence electrons. The minimum atomic E-state index is -0.512. The molecule has 3 rings (SSSR count). The van der Waals surface area contributed by atoms with Gasteiger partial charge in [0.25, 0.3) is 0 Å². The average molecular weight is 399 g/mol. The molecule has 8 nitrogen and oxygen atoms in total. The number of carbonyl (C=O) groups excluding carboxylic acids is 2. The van der Waals surface area contributed by atoms with Crippen molar-refractivity contribution in [2.45, 2.75) is 32.8 Å². The molecule has 29 heavy (non-hydrogen) atoms. The highest BCUT2D eigenvalue weighted by Crippen LogP contribution is 2.12. The smallest absolute Gasteiger partial charge is 0.410 e. The Labute approximate surface area is 171 Å². The number of nitrogens with zero attached hydrogens (tertiary/aromatic N) is 4. The van der Waals surface area contributed by atoms with E-state index in [1.54, 1.807) is 16.0 Å². The molecule has 0 radical (unpaired) electrons. The lowest BCUT2D eigenvalue weighted by Crippen LogP contribution is -2.54. The van der Waals surface area contributed by atoms with Crippen molar-refractivity contribution in [1.29, 1.82) is 0 Å². The van der Waals surface area contributed by atoms with E-state index in [0.717, 1.165) is 17.7 Å². The van der Waals surface area contributed by atoms with E-state index in [2.05, 4.69) is 10.4 Å². The average Bonchev–Trinajstić information content (AvgIpc) is 3.22. The van der Waals surface area contributed by atoms with Crippen molar-refractivity contribution < 1.29 is 14.3 Å². The number of piperazine rings is 1. The van der Waals surface area contributed by atoms with Crippen LogP contribution in [0.5, 0.6) is 0 Å².